The van der Waals surface area contributed by atoms with Gasteiger partial charge in [0.1, 0.15) is 11.3 Å². The first-order valence-corrected chi connectivity index (χ1v) is 8.60. The Morgan fingerprint density at radius 2 is 2.00 bits per heavy atom. The summed E-state index contributed by atoms with van der Waals surface area (Å²) < 4.78 is 21.7. The van der Waals surface area contributed by atoms with Crippen LogP contribution in [-0.2, 0) is 11.8 Å². The van der Waals surface area contributed by atoms with Gasteiger partial charge in [-0.1, -0.05) is 23.4 Å². The van der Waals surface area contributed by atoms with E-state index in [1.165, 1.54) is 6.07 Å². The van der Waals surface area contributed by atoms with Crippen LogP contribution in [0.5, 0.6) is 0 Å². The third-order valence-corrected chi connectivity index (χ3v) is 4.91. The van der Waals surface area contributed by atoms with Gasteiger partial charge in [0.15, 0.2) is 0 Å². The first-order chi connectivity index (χ1) is 12.2. The summed E-state index contributed by atoms with van der Waals surface area (Å²) in [4.78, 5) is 0. The Labute approximate surface area is 145 Å². The van der Waals surface area contributed by atoms with Crippen molar-refractivity contribution < 1.29 is 9.13 Å². The highest BCUT2D eigenvalue weighted by Gasteiger charge is 2.27. The van der Waals surface area contributed by atoms with Crippen molar-refractivity contribution >= 4 is 16.7 Å². The van der Waals surface area contributed by atoms with Crippen LogP contribution >= 0.6 is 0 Å². The quantitative estimate of drug-likeness (QED) is 0.787. The number of nitrogens with zero attached hydrogens (tertiary/aromatic N) is 3. The molecule has 2 aromatic carbocycles. The third kappa shape index (κ3) is 3.22. The molecule has 2 heterocycles. The number of hydrogen-bond acceptors (Lipinski definition) is 4. The number of ether oxygens (including phenoxy) is 1. The van der Waals surface area contributed by atoms with E-state index in [2.05, 4.69) is 15.6 Å². The average molecular weight is 340 g/mol. The van der Waals surface area contributed by atoms with Gasteiger partial charge in [-0.25, -0.2) is 9.07 Å². The fraction of sp³-hybridized carbons (Fsp3) is 0.368. The summed E-state index contributed by atoms with van der Waals surface area (Å²) in [5.74, 6) is 0.148. The fourth-order valence-electron chi connectivity index (χ4n) is 3.54. The maximum Gasteiger partial charge on any atom is 0.128 e. The van der Waals surface area contributed by atoms with Gasteiger partial charge in [-0.15, -0.1) is 5.10 Å². The summed E-state index contributed by atoms with van der Waals surface area (Å²) in [6, 6.07) is 12.9. The van der Waals surface area contributed by atoms with E-state index < -0.39 is 0 Å². The molecule has 1 atom stereocenters. The topological polar surface area (TPSA) is 52.0 Å². The van der Waals surface area contributed by atoms with Crippen molar-refractivity contribution in [2.45, 2.75) is 18.9 Å². The van der Waals surface area contributed by atoms with Crippen LogP contribution in [0.4, 0.5) is 10.1 Å². The number of hydrogen-bond donors (Lipinski definition) is 1. The number of aryl methyl sites for hydroxylation is 1. The van der Waals surface area contributed by atoms with E-state index in [1.54, 1.807) is 10.7 Å². The highest BCUT2D eigenvalue weighted by molar-refractivity contribution is 5.78. The molecule has 25 heavy (non-hydrogen) atoms. The van der Waals surface area contributed by atoms with Crippen molar-refractivity contribution in [2.24, 2.45) is 13.0 Å². The minimum atomic E-state index is -0.174. The molecule has 1 unspecified atom stereocenters. The lowest BCUT2D eigenvalue weighted by molar-refractivity contribution is 0.0602. The van der Waals surface area contributed by atoms with E-state index in [1.807, 2.05) is 37.4 Å². The molecule has 1 saturated heterocycles. The highest BCUT2D eigenvalue weighted by Crippen LogP contribution is 2.34. The maximum atomic E-state index is 14.5. The van der Waals surface area contributed by atoms with Crippen LogP contribution in [-0.4, -0.2) is 28.2 Å². The molecule has 6 heteroatoms. The van der Waals surface area contributed by atoms with Crippen LogP contribution in [0.1, 0.15) is 24.4 Å². The van der Waals surface area contributed by atoms with E-state index in [9.17, 15) is 4.39 Å². The Morgan fingerprint density at radius 1 is 1.20 bits per heavy atom. The van der Waals surface area contributed by atoms with Crippen molar-refractivity contribution in [3.05, 3.63) is 53.8 Å². The fourth-order valence-corrected chi connectivity index (χ4v) is 3.54. The van der Waals surface area contributed by atoms with Gasteiger partial charge in [-0.05, 0) is 43.0 Å². The Balaban J connectivity index is 1.68. The van der Waals surface area contributed by atoms with Crippen LogP contribution in [0.3, 0.4) is 0 Å². The molecule has 0 bridgehead atoms. The lowest BCUT2D eigenvalue weighted by atomic mass is 9.86. The monoisotopic (exact) mass is 340 g/mol. The first-order valence-electron chi connectivity index (χ1n) is 8.60. The molecule has 1 N–H and O–H groups in total. The van der Waals surface area contributed by atoms with Crippen LogP contribution in [0.15, 0.2) is 42.5 Å². The van der Waals surface area contributed by atoms with Crippen molar-refractivity contribution in [1.82, 2.24) is 15.0 Å². The normalized spacial score (nSPS) is 16.9. The molecule has 1 aliphatic heterocycles. The Hall–Kier alpha value is -2.47. The second-order valence-electron chi connectivity index (χ2n) is 6.51. The van der Waals surface area contributed by atoms with E-state index in [-0.39, 0.29) is 11.9 Å². The molecule has 0 amide bonds. The van der Waals surface area contributed by atoms with Gasteiger partial charge < -0.3 is 10.1 Å². The highest BCUT2D eigenvalue weighted by atomic mass is 19.1. The van der Waals surface area contributed by atoms with Gasteiger partial charge in [0.05, 0.1) is 11.6 Å². The summed E-state index contributed by atoms with van der Waals surface area (Å²) in [5.41, 5.74) is 3.42. The molecule has 0 radical (unpaired) electrons. The molecule has 0 aliphatic carbocycles. The maximum absolute atomic E-state index is 14.5. The third-order valence-electron chi connectivity index (χ3n) is 4.91. The molecule has 130 valence electrons. The minimum Gasteiger partial charge on any atom is -0.381 e. The van der Waals surface area contributed by atoms with Crippen molar-refractivity contribution in [3.8, 4) is 0 Å². The number of fused-ring (bicyclic) bond motifs is 1. The zero-order chi connectivity index (χ0) is 17.2. The Kier molecular flexibility index (Phi) is 4.36. The number of halogens is 1. The molecule has 4 rings (SSSR count). The van der Waals surface area contributed by atoms with Crippen LogP contribution in [0.25, 0.3) is 11.0 Å². The molecule has 0 saturated carbocycles. The zero-order valence-corrected chi connectivity index (χ0v) is 14.2. The molecule has 1 fully saturated rings. The number of aromatic nitrogens is 3. The molecule has 0 spiro atoms. The standard InChI is InChI=1S/C19H21FN4O/c1-24-18-7-6-14(12-17(18)22-23-24)21-19(13-8-10-25-11-9-13)15-4-2-3-5-16(15)20/h2-7,12-13,19,21H,8-11H2,1H3. The molecule has 1 aliphatic rings. The molecule has 1 aromatic heterocycles. The van der Waals surface area contributed by atoms with E-state index in [0.29, 0.717) is 11.5 Å². The second-order valence-corrected chi connectivity index (χ2v) is 6.51. The largest absolute Gasteiger partial charge is 0.381 e. The van der Waals surface area contributed by atoms with Crippen LogP contribution in [0, 0.1) is 11.7 Å². The Bertz CT molecular complexity index is 873. The molecular formula is C19H21FN4O. The van der Waals surface area contributed by atoms with Gasteiger partial charge >= 0.3 is 0 Å². The summed E-state index contributed by atoms with van der Waals surface area (Å²) in [5, 5.41) is 11.7. The first kappa shape index (κ1) is 16.0. The van der Waals surface area contributed by atoms with E-state index in [4.69, 9.17) is 4.74 Å². The smallest absolute Gasteiger partial charge is 0.128 e. The van der Waals surface area contributed by atoms with Crippen molar-refractivity contribution in [1.29, 1.82) is 0 Å². The summed E-state index contributed by atoms with van der Waals surface area (Å²) >= 11 is 0. The van der Waals surface area contributed by atoms with Gasteiger partial charge in [0, 0.05) is 31.5 Å². The van der Waals surface area contributed by atoms with Crippen molar-refractivity contribution in [3.63, 3.8) is 0 Å². The second kappa shape index (κ2) is 6.80. The van der Waals surface area contributed by atoms with E-state index in [0.717, 1.165) is 42.8 Å². The van der Waals surface area contributed by atoms with Crippen molar-refractivity contribution in [2.75, 3.05) is 18.5 Å². The minimum absolute atomic E-state index is 0.0979. The lowest BCUT2D eigenvalue weighted by Crippen LogP contribution is -2.27. The van der Waals surface area contributed by atoms with Gasteiger partial charge in [-0.3, -0.25) is 0 Å². The van der Waals surface area contributed by atoms with E-state index >= 15 is 0 Å². The van der Waals surface area contributed by atoms with Gasteiger partial charge in [0.25, 0.3) is 0 Å². The van der Waals surface area contributed by atoms with Gasteiger partial charge in [0.2, 0.25) is 0 Å². The summed E-state index contributed by atoms with van der Waals surface area (Å²) in [7, 11) is 1.87. The SMILES string of the molecule is Cn1nnc2cc(NC(c3ccccc3F)C3CCOCC3)ccc21. The number of anilines is 1. The average Bonchev–Trinajstić information content (AvgIpc) is 3.02. The molecule has 5 nitrogen and oxygen atoms in total. The number of nitrogens with one attached hydrogen (secondary N) is 1. The predicted octanol–water partition coefficient (Wildman–Crippen LogP) is 3.69. The Morgan fingerprint density at radius 3 is 2.80 bits per heavy atom. The van der Waals surface area contributed by atoms with Crippen LogP contribution in [0.2, 0.25) is 0 Å². The number of benzene rings is 2. The number of rotatable bonds is 4. The molecule has 3 aromatic rings. The molecular weight excluding hydrogens is 319 g/mol. The van der Waals surface area contributed by atoms with Gasteiger partial charge in [-0.2, -0.15) is 0 Å². The van der Waals surface area contributed by atoms with Crippen LogP contribution < -0.4 is 5.32 Å². The predicted molar refractivity (Wildman–Crippen MR) is 94.8 cm³/mol. The summed E-state index contributed by atoms with van der Waals surface area (Å²) in [6.45, 7) is 1.45. The summed E-state index contributed by atoms with van der Waals surface area (Å²) in [6.07, 6.45) is 1.83. The zero-order valence-electron chi connectivity index (χ0n) is 14.2. The lowest BCUT2D eigenvalue weighted by Gasteiger charge is -2.32.